The minimum Gasteiger partial charge on any atom is -0.334 e. The summed E-state index contributed by atoms with van der Waals surface area (Å²) >= 11 is 0. The molecule has 1 rings (SSSR count). The first-order valence-electron chi connectivity index (χ1n) is 6.92. The van der Waals surface area contributed by atoms with Gasteiger partial charge >= 0.3 is 0 Å². The zero-order chi connectivity index (χ0) is 15.3. The number of nitrogens with two attached hydrogens (primary N) is 1. The number of hydrogen-bond donors (Lipinski definition) is 1. The van der Waals surface area contributed by atoms with E-state index in [1.165, 1.54) is 13.0 Å². The fourth-order valence-electron chi connectivity index (χ4n) is 2.29. The average molecular weight is 284 g/mol. The highest BCUT2D eigenvalue weighted by molar-refractivity contribution is 5.95. The predicted octanol–water partition coefficient (Wildman–Crippen LogP) is 2.86. The Hall–Kier alpha value is -1.49. The van der Waals surface area contributed by atoms with E-state index < -0.39 is 17.5 Å². The molecule has 0 saturated heterocycles. The van der Waals surface area contributed by atoms with Crippen molar-refractivity contribution in [3.63, 3.8) is 0 Å². The highest BCUT2D eigenvalue weighted by Gasteiger charge is 2.24. The number of amides is 1. The standard InChI is InChI=1S/C15H22F2N2O/c1-4-11(5-2)19(7-6-18)15(20)12-8-10(3)13(16)9-14(12)17/h8-9,11H,4-7,18H2,1-3H3. The maximum Gasteiger partial charge on any atom is 0.257 e. The van der Waals surface area contributed by atoms with Gasteiger partial charge in [0.25, 0.3) is 5.91 Å². The molecule has 2 N–H and O–H groups in total. The van der Waals surface area contributed by atoms with Crippen LogP contribution >= 0.6 is 0 Å². The quantitative estimate of drug-likeness (QED) is 0.873. The Balaban J connectivity index is 3.15. The largest absolute Gasteiger partial charge is 0.334 e. The van der Waals surface area contributed by atoms with Crippen molar-refractivity contribution in [3.05, 3.63) is 34.9 Å². The van der Waals surface area contributed by atoms with E-state index in [-0.39, 0.29) is 17.2 Å². The zero-order valence-electron chi connectivity index (χ0n) is 12.2. The van der Waals surface area contributed by atoms with E-state index in [0.717, 1.165) is 18.9 Å². The van der Waals surface area contributed by atoms with E-state index in [4.69, 9.17) is 5.73 Å². The van der Waals surface area contributed by atoms with Gasteiger partial charge in [0.2, 0.25) is 0 Å². The predicted molar refractivity (Wildman–Crippen MR) is 75.6 cm³/mol. The van der Waals surface area contributed by atoms with Gasteiger partial charge in [-0.3, -0.25) is 4.79 Å². The molecule has 0 unspecified atom stereocenters. The molecule has 20 heavy (non-hydrogen) atoms. The number of hydrogen-bond acceptors (Lipinski definition) is 2. The molecule has 1 aromatic carbocycles. The van der Waals surface area contributed by atoms with Crippen molar-refractivity contribution < 1.29 is 13.6 Å². The van der Waals surface area contributed by atoms with Crippen molar-refractivity contribution >= 4 is 5.91 Å². The van der Waals surface area contributed by atoms with Crippen molar-refractivity contribution in [2.75, 3.05) is 13.1 Å². The SMILES string of the molecule is CCC(CC)N(CCN)C(=O)c1cc(C)c(F)cc1F. The smallest absolute Gasteiger partial charge is 0.257 e. The molecule has 5 heteroatoms. The molecule has 0 aliphatic heterocycles. The van der Waals surface area contributed by atoms with Gasteiger partial charge in [-0.25, -0.2) is 8.78 Å². The lowest BCUT2D eigenvalue weighted by atomic mass is 10.1. The van der Waals surface area contributed by atoms with Crippen LogP contribution < -0.4 is 5.73 Å². The van der Waals surface area contributed by atoms with Gasteiger partial charge in [0.05, 0.1) is 5.56 Å². The number of halogens is 2. The molecule has 0 bridgehead atoms. The third kappa shape index (κ3) is 3.54. The van der Waals surface area contributed by atoms with Gasteiger partial charge in [0.1, 0.15) is 11.6 Å². The van der Waals surface area contributed by atoms with Gasteiger partial charge in [-0.1, -0.05) is 13.8 Å². The van der Waals surface area contributed by atoms with Gasteiger partial charge in [-0.2, -0.15) is 0 Å². The fraction of sp³-hybridized carbons (Fsp3) is 0.533. The summed E-state index contributed by atoms with van der Waals surface area (Å²) < 4.78 is 27.1. The summed E-state index contributed by atoms with van der Waals surface area (Å²) in [7, 11) is 0. The lowest BCUT2D eigenvalue weighted by Gasteiger charge is -2.30. The molecular weight excluding hydrogens is 262 g/mol. The monoisotopic (exact) mass is 284 g/mol. The van der Waals surface area contributed by atoms with E-state index in [2.05, 4.69) is 0 Å². The van der Waals surface area contributed by atoms with Crippen LogP contribution in [0.2, 0.25) is 0 Å². The van der Waals surface area contributed by atoms with Gasteiger partial charge in [-0.05, 0) is 31.4 Å². The highest BCUT2D eigenvalue weighted by Crippen LogP contribution is 2.19. The van der Waals surface area contributed by atoms with Crippen molar-refractivity contribution in [3.8, 4) is 0 Å². The third-order valence-electron chi connectivity index (χ3n) is 3.49. The highest BCUT2D eigenvalue weighted by atomic mass is 19.1. The van der Waals surface area contributed by atoms with Crippen LogP contribution in [0.25, 0.3) is 0 Å². The van der Waals surface area contributed by atoms with E-state index >= 15 is 0 Å². The second-order valence-electron chi connectivity index (χ2n) is 4.84. The maximum absolute atomic E-state index is 13.8. The lowest BCUT2D eigenvalue weighted by molar-refractivity contribution is 0.0669. The Labute approximate surface area is 118 Å². The van der Waals surface area contributed by atoms with Crippen LogP contribution in [0.5, 0.6) is 0 Å². The molecule has 0 fully saturated rings. The molecule has 0 radical (unpaired) electrons. The summed E-state index contributed by atoms with van der Waals surface area (Å²) in [5.74, 6) is -1.90. The summed E-state index contributed by atoms with van der Waals surface area (Å²) in [5, 5.41) is 0. The Bertz CT molecular complexity index is 473. The van der Waals surface area contributed by atoms with E-state index in [9.17, 15) is 13.6 Å². The molecule has 0 aromatic heterocycles. The average Bonchev–Trinajstić information content (AvgIpc) is 2.42. The third-order valence-corrected chi connectivity index (χ3v) is 3.49. The second-order valence-corrected chi connectivity index (χ2v) is 4.84. The van der Waals surface area contributed by atoms with Crippen LogP contribution in [0.15, 0.2) is 12.1 Å². The number of nitrogens with zero attached hydrogens (tertiary/aromatic N) is 1. The molecule has 0 aliphatic rings. The summed E-state index contributed by atoms with van der Waals surface area (Å²) in [6.07, 6.45) is 1.54. The maximum atomic E-state index is 13.8. The van der Waals surface area contributed by atoms with Crippen molar-refractivity contribution in [2.24, 2.45) is 5.73 Å². The number of rotatable bonds is 6. The Morgan fingerprint density at radius 2 is 1.85 bits per heavy atom. The van der Waals surface area contributed by atoms with Gasteiger partial charge in [-0.15, -0.1) is 0 Å². The summed E-state index contributed by atoms with van der Waals surface area (Å²) in [6, 6.07) is 2.03. The summed E-state index contributed by atoms with van der Waals surface area (Å²) in [5.41, 5.74) is 5.70. The first-order chi connectivity index (χ1) is 9.46. The van der Waals surface area contributed by atoms with Gasteiger partial charge in [0, 0.05) is 25.2 Å². The van der Waals surface area contributed by atoms with Crippen LogP contribution in [-0.2, 0) is 0 Å². The molecule has 0 saturated carbocycles. The molecule has 0 atom stereocenters. The topological polar surface area (TPSA) is 46.3 Å². The zero-order valence-corrected chi connectivity index (χ0v) is 12.2. The summed E-state index contributed by atoms with van der Waals surface area (Å²) in [4.78, 5) is 14.1. The number of aryl methyl sites for hydroxylation is 1. The van der Waals surface area contributed by atoms with Crippen LogP contribution in [0.3, 0.4) is 0 Å². The molecule has 0 aliphatic carbocycles. The van der Waals surface area contributed by atoms with Crippen LogP contribution in [-0.4, -0.2) is 29.9 Å². The molecule has 112 valence electrons. The normalized spacial score (nSPS) is 10.9. The van der Waals surface area contributed by atoms with Crippen LogP contribution in [0.4, 0.5) is 8.78 Å². The Morgan fingerprint density at radius 1 is 1.25 bits per heavy atom. The molecule has 3 nitrogen and oxygen atoms in total. The first kappa shape index (κ1) is 16.6. The first-order valence-corrected chi connectivity index (χ1v) is 6.92. The molecular formula is C15H22F2N2O. The van der Waals surface area contributed by atoms with Gasteiger partial charge in [0.15, 0.2) is 0 Å². The number of benzene rings is 1. The molecule has 1 amide bonds. The number of carbonyl (C=O) groups excluding carboxylic acids is 1. The number of carbonyl (C=O) groups is 1. The van der Waals surface area contributed by atoms with Gasteiger partial charge < -0.3 is 10.6 Å². The minimum atomic E-state index is -0.828. The van der Waals surface area contributed by atoms with Crippen LogP contribution in [0.1, 0.15) is 42.6 Å². The van der Waals surface area contributed by atoms with Crippen molar-refractivity contribution in [2.45, 2.75) is 39.7 Å². The summed E-state index contributed by atoms with van der Waals surface area (Å²) in [6.45, 7) is 6.12. The molecule has 0 heterocycles. The van der Waals surface area contributed by atoms with E-state index in [1.807, 2.05) is 13.8 Å². The van der Waals surface area contributed by atoms with Crippen molar-refractivity contribution in [1.82, 2.24) is 4.90 Å². The van der Waals surface area contributed by atoms with E-state index in [0.29, 0.717) is 13.1 Å². The Morgan fingerprint density at radius 3 is 2.35 bits per heavy atom. The fourth-order valence-corrected chi connectivity index (χ4v) is 2.29. The second kappa shape index (κ2) is 7.33. The Kier molecular flexibility index (Phi) is 6.07. The molecule has 0 spiro atoms. The van der Waals surface area contributed by atoms with E-state index in [1.54, 1.807) is 4.90 Å². The van der Waals surface area contributed by atoms with Crippen LogP contribution in [0, 0.1) is 18.6 Å². The molecule has 1 aromatic rings. The lowest BCUT2D eigenvalue weighted by Crippen LogP contribution is -2.43. The van der Waals surface area contributed by atoms with Crippen molar-refractivity contribution in [1.29, 1.82) is 0 Å². The minimum absolute atomic E-state index is 0.0100.